The van der Waals surface area contributed by atoms with Crippen LogP contribution in [0.4, 0.5) is 13.2 Å². The minimum absolute atomic E-state index is 0.0888. The van der Waals surface area contributed by atoms with E-state index in [2.05, 4.69) is 0 Å². The topological polar surface area (TPSA) is 109 Å². The number of alkyl halides is 3. The maximum Gasteiger partial charge on any atom is 0.522 e. The fraction of sp³-hybridized carbons (Fsp3) is 0.143. The first-order chi connectivity index (χ1) is 15.2. The molecule has 12 heteroatoms. The molecule has 3 aromatic rings. The Morgan fingerprint density at radius 3 is 1.76 bits per heavy atom. The molecular formula is C21H19F3NO6S2+. The Bertz CT molecular complexity index is 1310. The monoisotopic (exact) mass is 502 g/mol. The predicted octanol–water partition coefficient (Wildman–Crippen LogP) is 3.34. The summed E-state index contributed by atoms with van der Waals surface area (Å²) in [7, 11) is -9.28. The number of aryl methyl sites for hydroxylation is 1. The lowest BCUT2D eigenvalue weighted by Crippen LogP contribution is -2.37. The lowest BCUT2D eigenvalue weighted by atomic mass is 10.1. The molecule has 7 nitrogen and oxygen atoms in total. The number of hydrogen-bond donors (Lipinski definition) is 1. The van der Waals surface area contributed by atoms with Crippen molar-refractivity contribution in [1.82, 2.24) is 0 Å². The highest BCUT2D eigenvalue weighted by Crippen LogP contribution is 2.20. The van der Waals surface area contributed by atoms with Crippen LogP contribution in [0.1, 0.15) is 21.5 Å². The van der Waals surface area contributed by atoms with Crippen LogP contribution in [0.5, 0.6) is 0 Å². The molecule has 0 saturated heterocycles. The number of hydrogen-bond acceptors (Lipinski definition) is 5. The quantitative estimate of drug-likeness (QED) is 0.248. The van der Waals surface area contributed by atoms with Gasteiger partial charge in [0.1, 0.15) is 0 Å². The summed E-state index contributed by atoms with van der Waals surface area (Å²) in [5.41, 5.74) is -3.40. The second-order valence-electron chi connectivity index (χ2n) is 6.77. The molecule has 0 fully saturated rings. The minimum Gasteiger partial charge on any atom is -0.289 e. The highest BCUT2D eigenvalue weighted by molar-refractivity contribution is 7.90. The van der Waals surface area contributed by atoms with Crippen LogP contribution < -0.4 is 4.57 Å². The van der Waals surface area contributed by atoms with Crippen molar-refractivity contribution in [3.05, 3.63) is 95.8 Å². The summed E-state index contributed by atoms with van der Waals surface area (Å²) in [5.74, 6) is -0.260. The normalized spacial score (nSPS) is 11.9. The van der Waals surface area contributed by atoms with E-state index in [9.17, 15) is 26.4 Å². The molecule has 0 aliphatic rings. The number of benzene rings is 2. The van der Waals surface area contributed by atoms with Crippen LogP contribution in [-0.2, 0) is 25.8 Å². The largest absolute Gasteiger partial charge is 0.522 e. The van der Waals surface area contributed by atoms with Crippen molar-refractivity contribution in [2.45, 2.75) is 23.2 Å². The van der Waals surface area contributed by atoms with Crippen LogP contribution in [0.25, 0.3) is 0 Å². The van der Waals surface area contributed by atoms with E-state index in [1.54, 1.807) is 65.5 Å². The van der Waals surface area contributed by atoms with E-state index in [1.807, 2.05) is 25.1 Å². The van der Waals surface area contributed by atoms with Gasteiger partial charge in [-0.25, -0.2) is 8.42 Å². The number of carbonyl (C=O) groups excluding carboxylic acids is 1. The molecule has 1 N–H and O–H groups in total. The summed E-state index contributed by atoms with van der Waals surface area (Å²) >= 11 is 0. The summed E-state index contributed by atoms with van der Waals surface area (Å²) in [6.45, 7) is 1.91. The van der Waals surface area contributed by atoms with Gasteiger partial charge in [0.15, 0.2) is 18.2 Å². The van der Waals surface area contributed by atoms with Crippen molar-refractivity contribution in [2.75, 3.05) is 0 Å². The summed E-state index contributed by atoms with van der Waals surface area (Å²) in [6, 6.07) is 19.0. The van der Waals surface area contributed by atoms with Crippen molar-refractivity contribution in [3.8, 4) is 0 Å². The smallest absolute Gasteiger partial charge is 0.289 e. The number of halogens is 3. The van der Waals surface area contributed by atoms with Gasteiger partial charge < -0.3 is 0 Å². The Morgan fingerprint density at radius 2 is 1.30 bits per heavy atom. The standard InChI is InChI=1S/C20H18NO3S.CHF3O3S/c1-16-7-9-19(10-8-16)25(23,24)15-21-13-11-18(12-14-21)20(22)17-5-3-2-4-6-17;2-1(3,4)8(5,6)7/h2-14H,15H2,1H3;(H,5,6,7)/q+1;. The van der Waals surface area contributed by atoms with Gasteiger partial charge in [-0.15, -0.1) is 0 Å². The number of rotatable bonds is 5. The molecule has 33 heavy (non-hydrogen) atoms. The highest BCUT2D eigenvalue weighted by Gasteiger charge is 2.44. The fourth-order valence-corrected chi connectivity index (χ4v) is 3.73. The predicted molar refractivity (Wildman–Crippen MR) is 112 cm³/mol. The Kier molecular flexibility index (Phi) is 8.11. The molecular weight excluding hydrogens is 483 g/mol. The molecule has 0 aliphatic heterocycles. The average Bonchev–Trinajstić information content (AvgIpc) is 2.73. The first-order valence-corrected chi connectivity index (χ1v) is 12.2. The van der Waals surface area contributed by atoms with Gasteiger partial charge in [0.05, 0.1) is 4.90 Å². The van der Waals surface area contributed by atoms with Gasteiger partial charge in [0, 0.05) is 23.3 Å². The number of nitrogens with zero attached hydrogens (tertiary/aromatic N) is 1. The van der Waals surface area contributed by atoms with E-state index < -0.39 is 25.5 Å². The zero-order valence-electron chi connectivity index (χ0n) is 17.1. The zero-order chi connectivity index (χ0) is 24.9. The second-order valence-corrected chi connectivity index (χ2v) is 10.1. The Balaban J connectivity index is 0.000000414. The van der Waals surface area contributed by atoms with Gasteiger partial charge in [-0.1, -0.05) is 48.0 Å². The number of pyridine rings is 1. The number of ketones is 1. The van der Waals surface area contributed by atoms with Gasteiger partial charge in [-0.3, -0.25) is 9.35 Å². The third-order valence-electron chi connectivity index (χ3n) is 4.18. The van der Waals surface area contributed by atoms with Crippen molar-refractivity contribution in [3.63, 3.8) is 0 Å². The second kappa shape index (κ2) is 10.2. The average molecular weight is 503 g/mol. The van der Waals surface area contributed by atoms with Gasteiger partial charge in [-0.2, -0.15) is 26.2 Å². The molecule has 1 aromatic heterocycles. The molecule has 1 heterocycles. The van der Waals surface area contributed by atoms with Crippen LogP contribution in [0.15, 0.2) is 84.0 Å². The molecule has 0 amide bonds. The number of carbonyl (C=O) groups is 1. The van der Waals surface area contributed by atoms with E-state index in [-0.39, 0.29) is 16.6 Å². The number of aromatic nitrogens is 1. The van der Waals surface area contributed by atoms with E-state index in [1.165, 1.54) is 0 Å². The summed E-state index contributed by atoms with van der Waals surface area (Å²) < 4.78 is 84.0. The molecule has 2 aromatic carbocycles. The summed E-state index contributed by atoms with van der Waals surface area (Å²) in [6.07, 6.45) is 3.23. The lowest BCUT2D eigenvalue weighted by Gasteiger charge is -2.03. The van der Waals surface area contributed by atoms with Crippen LogP contribution in [0.3, 0.4) is 0 Å². The van der Waals surface area contributed by atoms with Crippen LogP contribution in [0.2, 0.25) is 0 Å². The molecule has 0 aliphatic carbocycles. The van der Waals surface area contributed by atoms with Crippen molar-refractivity contribution in [2.24, 2.45) is 0 Å². The van der Waals surface area contributed by atoms with Crippen LogP contribution in [0, 0.1) is 6.92 Å². The Labute approximate surface area is 188 Å². The van der Waals surface area contributed by atoms with Gasteiger partial charge >= 0.3 is 15.6 Å². The Hall–Kier alpha value is -3.09. The van der Waals surface area contributed by atoms with Crippen LogP contribution in [-0.4, -0.2) is 32.7 Å². The van der Waals surface area contributed by atoms with Crippen molar-refractivity contribution in [1.29, 1.82) is 0 Å². The summed E-state index contributed by atoms with van der Waals surface area (Å²) in [4.78, 5) is 12.7. The third-order valence-corrected chi connectivity index (χ3v) is 6.39. The Morgan fingerprint density at radius 1 is 0.848 bits per heavy atom. The first-order valence-electron chi connectivity index (χ1n) is 9.13. The van der Waals surface area contributed by atoms with Gasteiger partial charge in [0.25, 0.3) is 5.88 Å². The molecule has 176 valence electrons. The maximum atomic E-state index is 12.5. The minimum atomic E-state index is -5.84. The van der Waals surface area contributed by atoms with Crippen LogP contribution >= 0.6 is 0 Å². The third kappa shape index (κ3) is 7.48. The SMILES string of the molecule is Cc1ccc(S(=O)(=O)C[n+]2ccc(C(=O)c3ccccc3)cc2)cc1.O=S(=O)(O)C(F)(F)F. The van der Waals surface area contributed by atoms with Gasteiger partial charge in [0.2, 0.25) is 9.84 Å². The van der Waals surface area contributed by atoms with Crippen molar-refractivity contribution < 1.29 is 43.9 Å². The van der Waals surface area contributed by atoms with Gasteiger partial charge in [-0.05, 0) is 19.1 Å². The fourth-order valence-electron chi connectivity index (χ4n) is 2.47. The van der Waals surface area contributed by atoms with Crippen molar-refractivity contribution >= 4 is 25.7 Å². The van der Waals surface area contributed by atoms with E-state index in [0.717, 1.165) is 5.56 Å². The first kappa shape index (κ1) is 26.2. The zero-order valence-corrected chi connectivity index (χ0v) is 18.7. The van der Waals surface area contributed by atoms with E-state index in [0.29, 0.717) is 11.1 Å². The highest BCUT2D eigenvalue weighted by atomic mass is 32.2. The summed E-state index contributed by atoms with van der Waals surface area (Å²) in [5, 5.41) is 0. The number of sulfone groups is 1. The van der Waals surface area contributed by atoms with E-state index >= 15 is 0 Å². The molecule has 0 unspecified atom stereocenters. The molecule has 0 radical (unpaired) electrons. The lowest BCUT2D eigenvalue weighted by molar-refractivity contribution is -0.677. The molecule has 3 rings (SSSR count). The molecule has 0 saturated carbocycles. The van der Waals surface area contributed by atoms with E-state index in [4.69, 9.17) is 13.0 Å². The molecule has 0 spiro atoms. The maximum absolute atomic E-state index is 12.5. The molecule has 0 bridgehead atoms. The molecule has 0 atom stereocenters.